The van der Waals surface area contributed by atoms with Crippen LogP contribution < -0.4 is 5.32 Å². The van der Waals surface area contributed by atoms with Crippen molar-refractivity contribution < 1.29 is 27.1 Å². The van der Waals surface area contributed by atoms with E-state index >= 15 is 0 Å². The Kier molecular flexibility index (Phi) is 6.55. The van der Waals surface area contributed by atoms with E-state index in [-0.39, 0.29) is 43.8 Å². The summed E-state index contributed by atoms with van der Waals surface area (Å²) in [5.41, 5.74) is 0.173. The van der Waals surface area contributed by atoms with Crippen LogP contribution in [0.1, 0.15) is 26.7 Å². The van der Waals surface area contributed by atoms with E-state index in [1.807, 2.05) is 0 Å². The first-order valence-electron chi connectivity index (χ1n) is 9.70. The lowest BCUT2D eigenvalue weighted by molar-refractivity contribution is -0.139. The Morgan fingerprint density at radius 2 is 1.90 bits per heavy atom. The van der Waals surface area contributed by atoms with Crippen LogP contribution in [0.4, 0.5) is 10.1 Å². The summed E-state index contributed by atoms with van der Waals surface area (Å²) in [5, 5.41) is 2.64. The van der Waals surface area contributed by atoms with Crippen molar-refractivity contribution in [3.8, 4) is 0 Å². The first-order chi connectivity index (χ1) is 13.7. The molecule has 29 heavy (non-hydrogen) atoms. The predicted octanol–water partition coefficient (Wildman–Crippen LogP) is 1.43. The molecule has 1 aromatic rings. The maximum Gasteiger partial charge on any atom is 0.247 e. The lowest BCUT2D eigenvalue weighted by atomic mass is 10.1. The van der Waals surface area contributed by atoms with E-state index in [0.29, 0.717) is 13.0 Å². The zero-order chi connectivity index (χ0) is 21.2. The van der Waals surface area contributed by atoms with Gasteiger partial charge in [-0.1, -0.05) is 13.8 Å². The summed E-state index contributed by atoms with van der Waals surface area (Å²) in [6.45, 7) is 4.85. The molecule has 1 aromatic carbocycles. The van der Waals surface area contributed by atoms with Crippen LogP contribution in [-0.2, 0) is 24.3 Å². The Hall–Kier alpha value is -2.04. The molecule has 2 fully saturated rings. The van der Waals surface area contributed by atoms with Gasteiger partial charge in [-0.3, -0.25) is 9.59 Å². The number of amides is 2. The minimum atomic E-state index is -4.04. The molecule has 3 rings (SSSR count). The molecule has 0 bridgehead atoms. The van der Waals surface area contributed by atoms with Gasteiger partial charge in [0.1, 0.15) is 16.8 Å². The fraction of sp³-hybridized carbons (Fsp3) is 0.579. The molecular formula is C19H26FN3O5S. The Morgan fingerprint density at radius 3 is 2.55 bits per heavy atom. The van der Waals surface area contributed by atoms with Crippen molar-refractivity contribution in [2.24, 2.45) is 5.92 Å². The number of benzene rings is 1. The molecule has 0 aromatic heterocycles. The summed E-state index contributed by atoms with van der Waals surface area (Å²) >= 11 is 0. The maximum absolute atomic E-state index is 14.3. The zero-order valence-corrected chi connectivity index (χ0v) is 17.4. The third-order valence-electron chi connectivity index (χ3n) is 5.12. The fourth-order valence-electron chi connectivity index (χ4n) is 3.57. The van der Waals surface area contributed by atoms with Gasteiger partial charge in [-0.05, 0) is 31.0 Å². The predicted molar refractivity (Wildman–Crippen MR) is 104 cm³/mol. The number of ether oxygens (including phenoxy) is 1. The minimum Gasteiger partial charge on any atom is -0.379 e. The van der Waals surface area contributed by atoms with Crippen LogP contribution in [0.2, 0.25) is 0 Å². The summed E-state index contributed by atoms with van der Waals surface area (Å²) in [5.74, 6) is -1.61. The SMILES string of the molecule is CC(C)C(=O)N1CCCC1C(=O)Nc1ccc(F)c(S(=O)(=O)N2CCOCC2)c1. The van der Waals surface area contributed by atoms with Crippen LogP contribution in [0, 0.1) is 11.7 Å². The second-order valence-electron chi connectivity index (χ2n) is 7.50. The number of carbonyl (C=O) groups excluding carboxylic acids is 2. The van der Waals surface area contributed by atoms with Crippen LogP contribution >= 0.6 is 0 Å². The molecule has 0 aliphatic carbocycles. The number of anilines is 1. The molecule has 2 aliphatic rings. The van der Waals surface area contributed by atoms with Crippen molar-refractivity contribution in [2.45, 2.75) is 37.6 Å². The Balaban J connectivity index is 1.79. The van der Waals surface area contributed by atoms with E-state index in [9.17, 15) is 22.4 Å². The van der Waals surface area contributed by atoms with Gasteiger partial charge in [0.2, 0.25) is 21.8 Å². The standard InChI is InChI=1S/C19H26FN3O5S/c1-13(2)19(25)23-7-3-4-16(23)18(24)21-14-5-6-15(20)17(12-14)29(26,27)22-8-10-28-11-9-22/h5-6,12-13,16H,3-4,7-11H2,1-2H3,(H,21,24). The largest absolute Gasteiger partial charge is 0.379 e. The van der Waals surface area contributed by atoms with Crippen LogP contribution in [0.3, 0.4) is 0 Å². The summed E-state index contributed by atoms with van der Waals surface area (Å²) < 4.78 is 46.2. The first-order valence-corrected chi connectivity index (χ1v) is 11.1. The van der Waals surface area contributed by atoms with Gasteiger partial charge in [0, 0.05) is 31.2 Å². The fourth-order valence-corrected chi connectivity index (χ4v) is 5.06. The molecular weight excluding hydrogens is 401 g/mol. The monoisotopic (exact) mass is 427 g/mol. The summed E-state index contributed by atoms with van der Waals surface area (Å²) in [6.07, 6.45) is 1.25. The highest BCUT2D eigenvalue weighted by atomic mass is 32.2. The third-order valence-corrected chi connectivity index (χ3v) is 7.03. The van der Waals surface area contributed by atoms with Gasteiger partial charge in [0.05, 0.1) is 13.2 Å². The number of rotatable bonds is 5. The van der Waals surface area contributed by atoms with E-state index in [2.05, 4.69) is 5.32 Å². The molecule has 2 saturated heterocycles. The van der Waals surface area contributed by atoms with Gasteiger partial charge in [-0.15, -0.1) is 0 Å². The summed E-state index contributed by atoms with van der Waals surface area (Å²) in [4.78, 5) is 26.1. The van der Waals surface area contributed by atoms with Crippen molar-refractivity contribution >= 4 is 27.5 Å². The van der Waals surface area contributed by atoms with Gasteiger partial charge < -0.3 is 15.0 Å². The molecule has 160 valence electrons. The number of nitrogens with zero attached hydrogens (tertiary/aromatic N) is 2. The smallest absolute Gasteiger partial charge is 0.247 e. The van der Waals surface area contributed by atoms with Gasteiger partial charge in [0.15, 0.2) is 0 Å². The van der Waals surface area contributed by atoms with Crippen molar-refractivity contribution in [3.05, 3.63) is 24.0 Å². The van der Waals surface area contributed by atoms with Gasteiger partial charge in [-0.2, -0.15) is 4.31 Å². The minimum absolute atomic E-state index is 0.0997. The summed E-state index contributed by atoms with van der Waals surface area (Å²) in [7, 11) is -4.04. The second-order valence-corrected chi connectivity index (χ2v) is 9.40. The van der Waals surface area contributed by atoms with Crippen LogP contribution in [0.5, 0.6) is 0 Å². The van der Waals surface area contributed by atoms with Crippen LogP contribution in [-0.4, -0.2) is 68.3 Å². The number of carbonyl (C=O) groups is 2. The normalized spacial score (nSPS) is 20.8. The van der Waals surface area contributed by atoms with Crippen LogP contribution in [0.15, 0.2) is 23.1 Å². The van der Waals surface area contributed by atoms with Crippen LogP contribution in [0.25, 0.3) is 0 Å². The first kappa shape index (κ1) is 21.7. The van der Waals surface area contributed by atoms with E-state index in [1.54, 1.807) is 18.7 Å². The molecule has 1 atom stereocenters. The number of hydrogen-bond acceptors (Lipinski definition) is 5. The van der Waals surface area contributed by atoms with Gasteiger partial charge >= 0.3 is 0 Å². The molecule has 2 amide bonds. The van der Waals surface area contributed by atoms with Crippen molar-refractivity contribution in [3.63, 3.8) is 0 Å². The van der Waals surface area contributed by atoms with Gasteiger partial charge in [-0.25, -0.2) is 12.8 Å². The number of hydrogen-bond donors (Lipinski definition) is 1. The van der Waals surface area contributed by atoms with Gasteiger partial charge in [0.25, 0.3) is 0 Å². The highest BCUT2D eigenvalue weighted by molar-refractivity contribution is 7.89. The molecule has 2 heterocycles. The topological polar surface area (TPSA) is 96.0 Å². The third kappa shape index (κ3) is 4.59. The number of halogens is 1. The molecule has 2 aliphatic heterocycles. The average molecular weight is 427 g/mol. The Labute approximate surface area is 170 Å². The molecule has 1 N–H and O–H groups in total. The maximum atomic E-state index is 14.3. The zero-order valence-electron chi connectivity index (χ0n) is 16.6. The molecule has 8 nitrogen and oxygen atoms in total. The molecule has 10 heteroatoms. The highest BCUT2D eigenvalue weighted by Gasteiger charge is 2.35. The second kappa shape index (κ2) is 8.76. The Morgan fingerprint density at radius 1 is 1.21 bits per heavy atom. The molecule has 0 spiro atoms. The highest BCUT2D eigenvalue weighted by Crippen LogP contribution is 2.26. The van der Waals surface area contributed by atoms with E-state index in [0.717, 1.165) is 18.6 Å². The molecule has 1 unspecified atom stereocenters. The quantitative estimate of drug-likeness (QED) is 0.767. The molecule has 0 radical (unpaired) electrons. The number of likely N-dealkylation sites (tertiary alicyclic amines) is 1. The average Bonchev–Trinajstić information content (AvgIpc) is 3.19. The number of morpholine rings is 1. The number of sulfonamides is 1. The molecule has 0 saturated carbocycles. The van der Waals surface area contributed by atoms with E-state index in [1.165, 1.54) is 10.4 Å². The Bertz CT molecular complexity index is 884. The van der Waals surface area contributed by atoms with E-state index < -0.39 is 32.7 Å². The van der Waals surface area contributed by atoms with Crippen molar-refractivity contribution in [1.29, 1.82) is 0 Å². The van der Waals surface area contributed by atoms with Crippen molar-refractivity contribution in [1.82, 2.24) is 9.21 Å². The lowest BCUT2D eigenvalue weighted by Crippen LogP contribution is -2.44. The lowest BCUT2D eigenvalue weighted by Gasteiger charge is -2.27. The van der Waals surface area contributed by atoms with E-state index in [4.69, 9.17) is 4.74 Å². The number of nitrogens with one attached hydrogen (secondary N) is 1. The van der Waals surface area contributed by atoms with Crippen molar-refractivity contribution in [2.75, 3.05) is 38.2 Å². The summed E-state index contributed by atoms with van der Waals surface area (Å²) in [6, 6.07) is 2.85.